The van der Waals surface area contributed by atoms with Gasteiger partial charge in [-0.1, -0.05) is 6.07 Å². The van der Waals surface area contributed by atoms with Gasteiger partial charge in [0.15, 0.2) is 11.5 Å². The molecule has 2 N–H and O–H groups in total. The molecule has 1 fully saturated rings. The van der Waals surface area contributed by atoms with Crippen LogP contribution in [-0.4, -0.2) is 56.5 Å². The van der Waals surface area contributed by atoms with E-state index in [-0.39, 0.29) is 12.6 Å². The van der Waals surface area contributed by atoms with Gasteiger partial charge in [0.2, 0.25) is 0 Å². The maximum absolute atomic E-state index is 12.3. The number of nitrogens with one attached hydrogen (secondary N) is 2. The average Bonchev–Trinajstić information content (AvgIpc) is 2.72. The summed E-state index contributed by atoms with van der Waals surface area (Å²) in [5.41, 5.74) is 1.36. The second-order valence-corrected chi connectivity index (χ2v) is 6.23. The number of hydrogen-bond acceptors (Lipinski definition) is 7. The Bertz CT molecular complexity index is 824. The van der Waals surface area contributed by atoms with Crippen molar-refractivity contribution in [2.75, 3.05) is 50.7 Å². The van der Waals surface area contributed by atoms with Crippen LogP contribution < -0.4 is 25.0 Å². The molecule has 9 nitrogen and oxygen atoms in total. The van der Waals surface area contributed by atoms with Gasteiger partial charge in [0.05, 0.1) is 39.7 Å². The van der Waals surface area contributed by atoms with Gasteiger partial charge in [0.1, 0.15) is 11.6 Å². The zero-order valence-electron chi connectivity index (χ0n) is 16.3. The number of methoxy groups -OCH3 is 2. The van der Waals surface area contributed by atoms with E-state index in [1.807, 2.05) is 13.0 Å². The number of hydrogen-bond donors (Lipinski definition) is 2. The summed E-state index contributed by atoms with van der Waals surface area (Å²) in [4.78, 5) is 23.5. The Hall–Kier alpha value is -3.07. The molecule has 150 valence electrons. The molecule has 1 aliphatic heterocycles. The topological polar surface area (TPSA) is 97.8 Å². The lowest BCUT2D eigenvalue weighted by atomic mass is 10.2. The van der Waals surface area contributed by atoms with Gasteiger partial charge in [-0.05, 0) is 19.1 Å². The first-order valence-corrected chi connectivity index (χ1v) is 9.04. The highest BCUT2D eigenvalue weighted by Crippen LogP contribution is 2.34. The predicted molar refractivity (Wildman–Crippen MR) is 105 cm³/mol. The lowest BCUT2D eigenvalue weighted by Crippen LogP contribution is -2.37. The monoisotopic (exact) mass is 387 g/mol. The summed E-state index contributed by atoms with van der Waals surface area (Å²) in [6.07, 6.45) is 0. The van der Waals surface area contributed by atoms with E-state index in [9.17, 15) is 4.79 Å². The predicted octanol–water partition coefficient (Wildman–Crippen LogP) is 1.96. The first-order chi connectivity index (χ1) is 13.6. The van der Waals surface area contributed by atoms with Crippen molar-refractivity contribution < 1.29 is 19.0 Å². The average molecular weight is 387 g/mol. The summed E-state index contributed by atoms with van der Waals surface area (Å²) in [6, 6.07) is 6.83. The Balaban J connectivity index is 1.64. The van der Waals surface area contributed by atoms with Crippen molar-refractivity contribution in [3.8, 4) is 11.5 Å². The SMILES string of the molecule is COc1cccc(NC(=O)NCc2nc(C)cc(N3CCOCC3)n2)c1OC. The maximum atomic E-state index is 12.3. The summed E-state index contributed by atoms with van der Waals surface area (Å²) < 4.78 is 15.9. The number of nitrogens with zero attached hydrogens (tertiary/aromatic N) is 3. The van der Waals surface area contributed by atoms with Crippen molar-refractivity contribution in [2.45, 2.75) is 13.5 Å². The van der Waals surface area contributed by atoms with Crippen LogP contribution in [-0.2, 0) is 11.3 Å². The number of para-hydroxylation sites is 1. The Morgan fingerprint density at radius 3 is 2.71 bits per heavy atom. The number of benzene rings is 1. The number of ether oxygens (including phenoxy) is 3. The van der Waals surface area contributed by atoms with E-state index in [1.54, 1.807) is 25.3 Å². The number of morpholine rings is 1. The van der Waals surface area contributed by atoms with Crippen molar-refractivity contribution in [1.29, 1.82) is 0 Å². The fraction of sp³-hybridized carbons (Fsp3) is 0.421. The summed E-state index contributed by atoms with van der Waals surface area (Å²) in [5.74, 6) is 2.40. The van der Waals surface area contributed by atoms with Crippen LogP contribution in [0.5, 0.6) is 11.5 Å². The highest BCUT2D eigenvalue weighted by Gasteiger charge is 2.15. The van der Waals surface area contributed by atoms with E-state index < -0.39 is 0 Å². The van der Waals surface area contributed by atoms with E-state index in [1.165, 1.54) is 7.11 Å². The van der Waals surface area contributed by atoms with E-state index in [2.05, 4.69) is 25.5 Å². The lowest BCUT2D eigenvalue weighted by molar-refractivity contribution is 0.122. The first kappa shape index (κ1) is 19.7. The smallest absolute Gasteiger partial charge is 0.319 e. The van der Waals surface area contributed by atoms with Gasteiger partial charge in [0, 0.05) is 24.8 Å². The number of amides is 2. The minimum atomic E-state index is -0.385. The molecule has 0 radical (unpaired) electrons. The quantitative estimate of drug-likeness (QED) is 0.782. The van der Waals surface area contributed by atoms with Crippen LogP contribution in [0.4, 0.5) is 16.3 Å². The lowest BCUT2D eigenvalue weighted by Gasteiger charge is -2.28. The Morgan fingerprint density at radius 1 is 1.21 bits per heavy atom. The number of aryl methyl sites for hydroxylation is 1. The molecule has 2 aromatic rings. The number of aromatic nitrogens is 2. The number of rotatable bonds is 6. The molecule has 28 heavy (non-hydrogen) atoms. The summed E-state index contributed by atoms with van der Waals surface area (Å²) in [6.45, 7) is 5.06. The van der Waals surface area contributed by atoms with Crippen LogP contribution in [0, 0.1) is 6.92 Å². The Morgan fingerprint density at radius 2 is 2.00 bits per heavy atom. The highest BCUT2D eigenvalue weighted by atomic mass is 16.5. The molecule has 1 aromatic carbocycles. The van der Waals surface area contributed by atoms with Crippen molar-refractivity contribution >= 4 is 17.5 Å². The molecule has 1 aromatic heterocycles. The van der Waals surface area contributed by atoms with Gasteiger partial charge in [0.25, 0.3) is 0 Å². The minimum absolute atomic E-state index is 0.205. The second kappa shape index (κ2) is 9.23. The Kier molecular flexibility index (Phi) is 6.49. The van der Waals surface area contributed by atoms with Crippen LogP contribution in [0.25, 0.3) is 0 Å². The van der Waals surface area contributed by atoms with Gasteiger partial charge in [-0.2, -0.15) is 0 Å². The summed E-state index contributed by atoms with van der Waals surface area (Å²) >= 11 is 0. The summed E-state index contributed by atoms with van der Waals surface area (Å²) in [5, 5.41) is 5.54. The normalized spacial score (nSPS) is 13.8. The molecule has 1 saturated heterocycles. The molecule has 9 heteroatoms. The molecule has 0 atom stereocenters. The number of carbonyl (C=O) groups is 1. The fourth-order valence-corrected chi connectivity index (χ4v) is 2.96. The van der Waals surface area contributed by atoms with Gasteiger partial charge in [-0.3, -0.25) is 0 Å². The third-order valence-electron chi connectivity index (χ3n) is 4.28. The van der Waals surface area contributed by atoms with Crippen molar-refractivity contribution in [2.24, 2.45) is 0 Å². The number of urea groups is 1. The molecular formula is C19H25N5O4. The molecule has 2 amide bonds. The third-order valence-corrected chi connectivity index (χ3v) is 4.28. The van der Waals surface area contributed by atoms with Gasteiger partial charge < -0.3 is 29.7 Å². The van der Waals surface area contributed by atoms with Crippen molar-refractivity contribution in [3.63, 3.8) is 0 Å². The van der Waals surface area contributed by atoms with Crippen molar-refractivity contribution in [3.05, 3.63) is 35.8 Å². The van der Waals surface area contributed by atoms with Crippen LogP contribution in [0.15, 0.2) is 24.3 Å². The number of carbonyl (C=O) groups excluding carboxylic acids is 1. The third kappa shape index (κ3) is 4.80. The summed E-state index contributed by atoms with van der Waals surface area (Å²) in [7, 11) is 3.07. The first-order valence-electron chi connectivity index (χ1n) is 9.04. The van der Waals surface area contributed by atoms with Crippen LogP contribution in [0.2, 0.25) is 0 Å². The molecule has 2 heterocycles. The molecule has 3 rings (SSSR count). The van der Waals surface area contributed by atoms with E-state index in [0.717, 1.165) is 24.6 Å². The van der Waals surface area contributed by atoms with Gasteiger partial charge >= 0.3 is 6.03 Å². The molecule has 1 aliphatic rings. The maximum Gasteiger partial charge on any atom is 0.319 e. The molecule has 0 aliphatic carbocycles. The van der Waals surface area contributed by atoms with Gasteiger partial charge in [-0.15, -0.1) is 0 Å². The van der Waals surface area contributed by atoms with Crippen molar-refractivity contribution in [1.82, 2.24) is 15.3 Å². The highest BCUT2D eigenvalue weighted by molar-refractivity contribution is 5.91. The second-order valence-electron chi connectivity index (χ2n) is 6.23. The van der Waals surface area contributed by atoms with Gasteiger partial charge in [-0.25, -0.2) is 14.8 Å². The minimum Gasteiger partial charge on any atom is -0.493 e. The number of anilines is 2. The molecule has 0 bridgehead atoms. The molecule has 0 saturated carbocycles. The van der Waals surface area contributed by atoms with Crippen LogP contribution >= 0.6 is 0 Å². The van der Waals surface area contributed by atoms with Crippen LogP contribution in [0.1, 0.15) is 11.5 Å². The van der Waals surface area contributed by atoms with Crippen LogP contribution in [0.3, 0.4) is 0 Å². The van der Waals surface area contributed by atoms with E-state index in [0.29, 0.717) is 36.2 Å². The standard InChI is InChI=1S/C19H25N5O4/c1-13-11-17(24-7-9-28-10-8-24)23-16(21-13)12-20-19(25)22-14-5-4-6-15(26-2)18(14)27-3/h4-6,11H,7-10,12H2,1-3H3,(H2,20,22,25). The van der Waals surface area contributed by atoms with E-state index >= 15 is 0 Å². The zero-order chi connectivity index (χ0) is 19.9. The zero-order valence-corrected chi connectivity index (χ0v) is 16.3. The fourth-order valence-electron chi connectivity index (χ4n) is 2.96. The molecule has 0 spiro atoms. The molecule has 0 unspecified atom stereocenters. The largest absolute Gasteiger partial charge is 0.493 e. The Labute approximate surface area is 164 Å². The van der Waals surface area contributed by atoms with E-state index in [4.69, 9.17) is 14.2 Å². The molecular weight excluding hydrogens is 362 g/mol.